The number of furan rings is 1. The van der Waals surface area contributed by atoms with Gasteiger partial charge in [-0.3, -0.25) is 9.69 Å². The summed E-state index contributed by atoms with van der Waals surface area (Å²) in [4.78, 5) is 15.0. The van der Waals surface area contributed by atoms with E-state index in [1.165, 1.54) is 38.4 Å². The molecule has 0 unspecified atom stereocenters. The lowest BCUT2D eigenvalue weighted by Gasteiger charge is -2.26. The van der Waals surface area contributed by atoms with Gasteiger partial charge in [-0.05, 0) is 62.3 Å². The monoisotopic (exact) mass is 391 g/mol. The summed E-state index contributed by atoms with van der Waals surface area (Å²) in [7, 11) is -0.553. The first-order chi connectivity index (χ1) is 12.9. The zero-order chi connectivity index (χ0) is 19.4. The van der Waals surface area contributed by atoms with E-state index < -0.39 is 10.0 Å². The van der Waals surface area contributed by atoms with E-state index in [1.807, 2.05) is 12.1 Å². The van der Waals surface area contributed by atoms with Crippen LogP contribution in [0.4, 0.5) is 0 Å². The van der Waals surface area contributed by atoms with Crippen LogP contribution >= 0.6 is 0 Å². The van der Waals surface area contributed by atoms with Gasteiger partial charge in [0.05, 0.1) is 17.2 Å². The molecule has 1 atom stereocenters. The Morgan fingerprint density at radius 1 is 1.19 bits per heavy atom. The van der Waals surface area contributed by atoms with Crippen LogP contribution < -0.4 is 5.32 Å². The lowest BCUT2D eigenvalue weighted by atomic mass is 10.1. The van der Waals surface area contributed by atoms with Gasteiger partial charge in [0.2, 0.25) is 10.0 Å². The quantitative estimate of drug-likeness (QED) is 0.782. The number of nitrogens with one attached hydrogen (secondary N) is 1. The Labute approximate surface area is 160 Å². The summed E-state index contributed by atoms with van der Waals surface area (Å²) in [5.74, 6) is 0.601. The molecule has 1 saturated heterocycles. The molecule has 0 radical (unpaired) electrons. The van der Waals surface area contributed by atoms with Gasteiger partial charge in [-0.1, -0.05) is 0 Å². The molecule has 1 aromatic carbocycles. The van der Waals surface area contributed by atoms with Crippen LogP contribution in [0.2, 0.25) is 0 Å². The number of nitrogens with zero attached hydrogens (tertiary/aromatic N) is 2. The second-order valence-corrected chi connectivity index (χ2v) is 8.95. The van der Waals surface area contributed by atoms with E-state index in [4.69, 9.17) is 4.42 Å². The average Bonchev–Trinajstić information content (AvgIpc) is 3.36. The number of sulfonamides is 1. The first-order valence-electron chi connectivity index (χ1n) is 8.98. The second-order valence-electron chi connectivity index (χ2n) is 6.80. The number of hydrogen-bond donors (Lipinski definition) is 1. The van der Waals surface area contributed by atoms with Crippen molar-refractivity contribution in [2.75, 3.05) is 33.7 Å². The minimum atomic E-state index is -3.50. The average molecular weight is 391 g/mol. The molecular weight excluding hydrogens is 366 g/mol. The van der Waals surface area contributed by atoms with Crippen LogP contribution in [0.3, 0.4) is 0 Å². The summed E-state index contributed by atoms with van der Waals surface area (Å²) >= 11 is 0. The number of carbonyl (C=O) groups is 1. The molecular formula is C19H25N3O4S. The highest BCUT2D eigenvalue weighted by Gasteiger charge is 2.26. The van der Waals surface area contributed by atoms with E-state index in [0.29, 0.717) is 12.1 Å². The molecule has 0 saturated carbocycles. The molecule has 8 heteroatoms. The first-order valence-corrected chi connectivity index (χ1v) is 10.4. The molecule has 146 valence electrons. The lowest BCUT2D eigenvalue weighted by molar-refractivity contribution is 0.0933. The Hall–Kier alpha value is -2.16. The molecule has 1 aliphatic heterocycles. The Kier molecular flexibility index (Phi) is 5.98. The van der Waals surface area contributed by atoms with Crippen LogP contribution in [-0.2, 0) is 10.0 Å². The number of rotatable bonds is 7. The van der Waals surface area contributed by atoms with Crippen molar-refractivity contribution in [1.82, 2.24) is 14.5 Å². The van der Waals surface area contributed by atoms with Crippen molar-refractivity contribution >= 4 is 15.9 Å². The third kappa shape index (κ3) is 4.40. The number of carbonyl (C=O) groups excluding carboxylic acids is 1. The largest absolute Gasteiger partial charge is 0.468 e. The zero-order valence-electron chi connectivity index (χ0n) is 15.6. The van der Waals surface area contributed by atoms with Gasteiger partial charge < -0.3 is 9.73 Å². The normalized spacial score (nSPS) is 16.6. The van der Waals surface area contributed by atoms with Crippen molar-refractivity contribution in [3.05, 3.63) is 54.0 Å². The van der Waals surface area contributed by atoms with Gasteiger partial charge >= 0.3 is 0 Å². The van der Waals surface area contributed by atoms with Crippen molar-refractivity contribution in [2.24, 2.45) is 0 Å². The smallest absolute Gasteiger partial charge is 0.251 e. The standard InChI is InChI=1S/C19H25N3O4S/c1-21(2)27(24,25)16-9-7-15(8-10-16)19(23)20-14-17(18-6-5-13-26-18)22-11-3-4-12-22/h5-10,13,17H,3-4,11-12,14H2,1-2H3,(H,20,23)/t17-/m0/s1. The molecule has 0 bridgehead atoms. The van der Waals surface area contributed by atoms with Crippen LogP contribution in [0.15, 0.2) is 52.0 Å². The van der Waals surface area contributed by atoms with Gasteiger partial charge in [-0.15, -0.1) is 0 Å². The fourth-order valence-electron chi connectivity index (χ4n) is 3.22. The molecule has 2 aromatic rings. The maximum absolute atomic E-state index is 12.5. The molecule has 2 heterocycles. The maximum atomic E-state index is 12.5. The van der Waals surface area contributed by atoms with Crippen LogP contribution in [0.1, 0.15) is 35.0 Å². The van der Waals surface area contributed by atoms with Gasteiger partial charge in [-0.25, -0.2) is 12.7 Å². The summed E-state index contributed by atoms with van der Waals surface area (Å²) in [5, 5.41) is 2.94. The molecule has 0 spiro atoms. The number of amides is 1. The molecule has 7 nitrogen and oxygen atoms in total. The molecule has 1 aromatic heterocycles. The summed E-state index contributed by atoms with van der Waals surface area (Å²) in [6, 6.07) is 9.75. The Morgan fingerprint density at radius 3 is 2.41 bits per heavy atom. The van der Waals surface area contributed by atoms with Crippen molar-refractivity contribution in [3.8, 4) is 0 Å². The highest BCUT2D eigenvalue weighted by Crippen LogP contribution is 2.25. The predicted molar refractivity (Wildman–Crippen MR) is 102 cm³/mol. The summed E-state index contributed by atoms with van der Waals surface area (Å²) in [6.45, 7) is 2.40. The number of likely N-dealkylation sites (tertiary alicyclic amines) is 1. The van der Waals surface area contributed by atoms with Crippen LogP contribution in [0, 0.1) is 0 Å². The SMILES string of the molecule is CN(C)S(=O)(=O)c1ccc(C(=O)NC[C@@H](c2ccco2)N2CCCC2)cc1. The molecule has 27 heavy (non-hydrogen) atoms. The van der Waals surface area contributed by atoms with Crippen LogP contribution in [0.5, 0.6) is 0 Å². The minimum Gasteiger partial charge on any atom is -0.468 e. The fraction of sp³-hybridized carbons (Fsp3) is 0.421. The Morgan fingerprint density at radius 2 is 1.85 bits per heavy atom. The van der Waals surface area contributed by atoms with Gasteiger partial charge in [-0.2, -0.15) is 0 Å². The predicted octanol–water partition coefficient (Wildman–Crippen LogP) is 2.10. The van der Waals surface area contributed by atoms with Crippen molar-refractivity contribution in [2.45, 2.75) is 23.8 Å². The molecule has 1 aliphatic rings. The topological polar surface area (TPSA) is 82.9 Å². The number of benzene rings is 1. The van der Waals surface area contributed by atoms with E-state index >= 15 is 0 Å². The molecule has 0 aliphatic carbocycles. The lowest BCUT2D eigenvalue weighted by Crippen LogP contribution is -2.36. The van der Waals surface area contributed by atoms with E-state index in [9.17, 15) is 13.2 Å². The summed E-state index contributed by atoms with van der Waals surface area (Å²) < 4.78 is 30.9. The van der Waals surface area contributed by atoms with E-state index in [2.05, 4.69) is 10.2 Å². The first kappa shape index (κ1) is 19.6. The Balaban J connectivity index is 1.67. The summed E-state index contributed by atoms with van der Waals surface area (Å²) in [5.41, 5.74) is 0.423. The van der Waals surface area contributed by atoms with Crippen LogP contribution in [0.25, 0.3) is 0 Å². The summed E-state index contributed by atoms with van der Waals surface area (Å²) in [6.07, 6.45) is 3.93. The highest BCUT2D eigenvalue weighted by atomic mass is 32.2. The third-order valence-corrected chi connectivity index (χ3v) is 6.63. The van der Waals surface area contributed by atoms with Crippen molar-refractivity contribution < 1.29 is 17.6 Å². The van der Waals surface area contributed by atoms with Gasteiger partial charge in [0, 0.05) is 26.2 Å². The number of hydrogen-bond acceptors (Lipinski definition) is 5. The highest BCUT2D eigenvalue weighted by molar-refractivity contribution is 7.89. The van der Waals surface area contributed by atoms with E-state index in [-0.39, 0.29) is 16.8 Å². The molecule has 3 rings (SSSR count). The van der Waals surface area contributed by atoms with Crippen molar-refractivity contribution in [3.63, 3.8) is 0 Å². The molecule has 1 amide bonds. The third-order valence-electron chi connectivity index (χ3n) is 4.80. The van der Waals surface area contributed by atoms with Crippen LogP contribution in [-0.4, -0.2) is 57.3 Å². The van der Waals surface area contributed by atoms with Gasteiger partial charge in [0.1, 0.15) is 5.76 Å². The maximum Gasteiger partial charge on any atom is 0.251 e. The van der Waals surface area contributed by atoms with Crippen molar-refractivity contribution in [1.29, 1.82) is 0 Å². The van der Waals surface area contributed by atoms with E-state index in [0.717, 1.165) is 36.0 Å². The fourth-order valence-corrected chi connectivity index (χ4v) is 4.13. The molecule has 1 fully saturated rings. The second kappa shape index (κ2) is 8.24. The van der Waals surface area contributed by atoms with E-state index in [1.54, 1.807) is 6.26 Å². The minimum absolute atomic E-state index is 0.000146. The van der Waals surface area contributed by atoms with Gasteiger partial charge in [0.25, 0.3) is 5.91 Å². The van der Waals surface area contributed by atoms with Gasteiger partial charge in [0.15, 0.2) is 0 Å². The Bertz CT molecular complexity index is 855. The zero-order valence-corrected chi connectivity index (χ0v) is 16.4. The molecule has 1 N–H and O–H groups in total.